The number of rotatable bonds is 7. The zero-order valence-corrected chi connectivity index (χ0v) is 12.1. The highest BCUT2D eigenvalue weighted by Gasteiger charge is 2.27. The van der Waals surface area contributed by atoms with Crippen LogP contribution in [0.4, 0.5) is 0 Å². The lowest BCUT2D eigenvalue weighted by Crippen LogP contribution is -2.49. The number of aliphatic hydroxyl groups is 1. The highest BCUT2D eigenvalue weighted by atomic mass is 16.3. The Morgan fingerprint density at radius 1 is 1.30 bits per heavy atom. The van der Waals surface area contributed by atoms with E-state index < -0.39 is 18.1 Å². The molecule has 5 heteroatoms. The maximum atomic E-state index is 11.8. The van der Waals surface area contributed by atoms with Gasteiger partial charge in [-0.25, -0.2) is 0 Å². The second-order valence-corrected chi connectivity index (χ2v) is 5.11. The van der Waals surface area contributed by atoms with Gasteiger partial charge in [-0.15, -0.1) is 0 Å². The SMILES string of the molecule is CC(C)NC(=O)C(O)C(C)N(C=O)Cc1ccccc1. The van der Waals surface area contributed by atoms with Gasteiger partial charge in [-0.05, 0) is 26.3 Å². The third-order valence-corrected chi connectivity index (χ3v) is 3.02. The summed E-state index contributed by atoms with van der Waals surface area (Å²) < 4.78 is 0. The number of benzene rings is 1. The number of aliphatic hydroxyl groups excluding tert-OH is 1. The normalized spacial score (nSPS) is 13.7. The molecule has 5 nitrogen and oxygen atoms in total. The molecule has 0 aliphatic heterocycles. The van der Waals surface area contributed by atoms with E-state index in [1.54, 1.807) is 6.92 Å². The van der Waals surface area contributed by atoms with Crippen LogP contribution in [0.25, 0.3) is 0 Å². The lowest BCUT2D eigenvalue weighted by atomic mass is 10.1. The average Bonchev–Trinajstić information content (AvgIpc) is 2.43. The van der Waals surface area contributed by atoms with Crippen LogP contribution in [0.1, 0.15) is 26.3 Å². The van der Waals surface area contributed by atoms with Crippen molar-refractivity contribution in [2.75, 3.05) is 0 Å². The number of carbonyl (C=O) groups excluding carboxylic acids is 2. The van der Waals surface area contributed by atoms with Gasteiger partial charge < -0.3 is 15.3 Å². The smallest absolute Gasteiger partial charge is 0.251 e. The van der Waals surface area contributed by atoms with Crippen molar-refractivity contribution in [2.24, 2.45) is 0 Å². The van der Waals surface area contributed by atoms with E-state index >= 15 is 0 Å². The molecule has 0 aliphatic rings. The number of nitrogens with zero attached hydrogens (tertiary/aromatic N) is 1. The van der Waals surface area contributed by atoms with Crippen LogP contribution in [0, 0.1) is 0 Å². The fraction of sp³-hybridized carbons (Fsp3) is 0.467. The standard InChI is InChI=1S/C15H22N2O3/c1-11(2)16-15(20)14(19)12(3)17(10-18)9-13-7-5-4-6-8-13/h4-8,10-12,14,19H,9H2,1-3H3,(H,16,20). The maximum absolute atomic E-state index is 11.8. The van der Waals surface area contributed by atoms with E-state index in [-0.39, 0.29) is 6.04 Å². The van der Waals surface area contributed by atoms with Gasteiger partial charge in [0.25, 0.3) is 5.91 Å². The van der Waals surface area contributed by atoms with Crippen molar-refractivity contribution in [3.05, 3.63) is 35.9 Å². The summed E-state index contributed by atoms with van der Waals surface area (Å²) in [6.07, 6.45) is -0.588. The minimum atomic E-state index is -1.24. The third-order valence-electron chi connectivity index (χ3n) is 3.02. The van der Waals surface area contributed by atoms with Crippen LogP contribution in [-0.4, -0.2) is 40.5 Å². The molecule has 2 atom stereocenters. The van der Waals surface area contributed by atoms with Crippen LogP contribution < -0.4 is 5.32 Å². The zero-order valence-electron chi connectivity index (χ0n) is 12.1. The summed E-state index contributed by atoms with van der Waals surface area (Å²) in [6.45, 7) is 5.65. The highest BCUT2D eigenvalue weighted by molar-refractivity contribution is 5.81. The molecular weight excluding hydrogens is 256 g/mol. The molecule has 1 aromatic carbocycles. The molecule has 0 saturated heterocycles. The van der Waals surface area contributed by atoms with Gasteiger partial charge in [0.05, 0.1) is 6.04 Å². The molecule has 20 heavy (non-hydrogen) atoms. The first kappa shape index (κ1) is 16.2. The van der Waals surface area contributed by atoms with Gasteiger partial charge in [0.2, 0.25) is 6.41 Å². The van der Waals surface area contributed by atoms with Crippen molar-refractivity contribution in [2.45, 2.75) is 45.5 Å². The summed E-state index contributed by atoms with van der Waals surface area (Å²) in [5, 5.41) is 12.6. The maximum Gasteiger partial charge on any atom is 0.251 e. The summed E-state index contributed by atoms with van der Waals surface area (Å²) in [4.78, 5) is 24.4. The van der Waals surface area contributed by atoms with E-state index in [9.17, 15) is 14.7 Å². The van der Waals surface area contributed by atoms with Gasteiger partial charge in [-0.2, -0.15) is 0 Å². The zero-order chi connectivity index (χ0) is 15.1. The van der Waals surface area contributed by atoms with E-state index in [0.29, 0.717) is 13.0 Å². The van der Waals surface area contributed by atoms with Gasteiger partial charge in [0, 0.05) is 12.6 Å². The van der Waals surface area contributed by atoms with Crippen LogP contribution in [-0.2, 0) is 16.1 Å². The van der Waals surface area contributed by atoms with Crippen molar-refractivity contribution >= 4 is 12.3 Å². The number of carbonyl (C=O) groups is 2. The largest absolute Gasteiger partial charge is 0.381 e. The van der Waals surface area contributed by atoms with Crippen molar-refractivity contribution in [1.82, 2.24) is 10.2 Å². The first-order valence-electron chi connectivity index (χ1n) is 6.69. The number of amides is 2. The summed E-state index contributed by atoms with van der Waals surface area (Å²) in [6, 6.07) is 8.79. The molecule has 0 heterocycles. The Bertz CT molecular complexity index is 434. The second kappa shape index (κ2) is 7.65. The average molecular weight is 278 g/mol. The molecule has 1 aromatic rings. The Hall–Kier alpha value is -1.88. The molecular formula is C15H22N2O3. The molecule has 2 unspecified atom stereocenters. The van der Waals surface area contributed by atoms with E-state index in [4.69, 9.17) is 0 Å². The lowest BCUT2D eigenvalue weighted by Gasteiger charge is -2.29. The minimum absolute atomic E-state index is 0.0526. The fourth-order valence-electron chi connectivity index (χ4n) is 1.84. The van der Waals surface area contributed by atoms with Crippen LogP contribution in [0.2, 0.25) is 0 Å². The molecule has 0 bridgehead atoms. The van der Waals surface area contributed by atoms with Crippen molar-refractivity contribution < 1.29 is 14.7 Å². The van der Waals surface area contributed by atoms with E-state index in [0.717, 1.165) is 5.56 Å². The Morgan fingerprint density at radius 3 is 2.40 bits per heavy atom. The summed E-state index contributed by atoms with van der Waals surface area (Å²) in [5.41, 5.74) is 0.947. The highest BCUT2D eigenvalue weighted by Crippen LogP contribution is 2.09. The third kappa shape index (κ3) is 4.66. The summed E-state index contributed by atoms with van der Waals surface area (Å²) >= 11 is 0. The Labute approximate surface area is 119 Å². The fourth-order valence-corrected chi connectivity index (χ4v) is 1.84. The minimum Gasteiger partial charge on any atom is -0.381 e. The molecule has 2 amide bonds. The van der Waals surface area contributed by atoms with Crippen molar-refractivity contribution in [1.29, 1.82) is 0 Å². The lowest BCUT2D eigenvalue weighted by molar-refractivity contribution is -0.135. The molecule has 2 N–H and O–H groups in total. The summed E-state index contributed by atoms with van der Waals surface area (Å²) in [7, 11) is 0. The van der Waals surface area contributed by atoms with Gasteiger partial charge in [-0.1, -0.05) is 30.3 Å². The Kier molecular flexibility index (Phi) is 6.18. The van der Waals surface area contributed by atoms with Crippen LogP contribution in [0.3, 0.4) is 0 Å². The van der Waals surface area contributed by atoms with Gasteiger partial charge >= 0.3 is 0 Å². The number of hydrogen-bond donors (Lipinski definition) is 2. The molecule has 110 valence electrons. The number of hydrogen-bond acceptors (Lipinski definition) is 3. The molecule has 0 aliphatic carbocycles. The predicted octanol–water partition coefficient (Wildman–Crippen LogP) is 0.919. The second-order valence-electron chi connectivity index (χ2n) is 5.11. The molecule has 1 rings (SSSR count). The summed E-state index contributed by atoms with van der Waals surface area (Å²) in [5.74, 6) is -0.465. The van der Waals surface area contributed by atoms with Crippen molar-refractivity contribution in [3.8, 4) is 0 Å². The van der Waals surface area contributed by atoms with E-state index in [1.807, 2.05) is 44.2 Å². The van der Waals surface area contributed by atoms with Gasteiger partial charge in [-0.3, -0.25) is 9.59 Å². The van der Waals surface area contributed by atoms with E-state index in [1.165, 1.54) is 4.90 Å². The van der Waals surface area contributed by atoms with Gasteiger partial charge in [0.1, 0.15) is 0 Å². The predicted molar refractivity (Wildman–Crippen MR) is 76.8 cm³/mol. The monoisotopic (exact) mass is 278 g/mol. The van der Waals surface area contributed by atoms with Gasteiger partial charge in [0.15, 0.2) is 6.10 Å². The molecule has 0 aromatic heterocycles. The van der Waals surface area contributed by atoms with E-state index in [2.05, 4.69) is 5.32 Å². The first-order valence-corrected chi connectivity index (χ1v) is 6.69. The molecule has 0 fully saturated rings. The number of nitrogens with one attached hydrogen (secondary N) is 1. The van der Waals surface area contributed by atoms with Crippen molar-refractivity contribution in [3.63, 3.8) is 0 Å². The Balaban J connectivity index is 2.69. The van der Waals surface area contributed by atoms with Crippen LogP contribution in [0.15, 0.2) is 30.3 Å². The topological polar surface area (TPSA) is 69.6 Å². The molecule has 0 saturated carbocycles. The first-order chi connectivity index (χ1) is 9.45. The Morgan fingerprint density at radius 2 is 1.90 bits per heavy atom. The quantitative estimate of drug-likeness (QED) is 0.729. The molecule has 0 spiro atoms. The van der Waals surface area contributed by atoms with Crippen LogP contribution in [0.5, 0.6) is 0 Å². The molecule has 0 radical (unpaired) electrons. The van der Waals surface area contributed by atoms with Crippen LogP contribution >= 0.6 is 0 Å².